The summed E-state index contributed by atoms with van der Waals surface area (Å²) in [4.78, 5) is 31.3. The highest BCUT2D eigenvalue weighted by Crippen LogP contribution is 2.42. The van der Waals surface area contributed by atoms with Crippen molar-refractivity contribution in [2.75, 3.05) is 20.3 Å². The van der Waals surface area contributed by atoms with Crippen LogP contribution < -0.4 is 10.6 Å². The number of fused-ring (bicyclic) bond motifs is 1. The number of methoxy groups -OCH3 is 1. The van der Waals surface area contributed by atoms with Gasteiger partial charge in [-0.15, -0.1) is 0 Å². The predicted octanol–water partition coefficient (Wildman–Crippen LogP) is 5.32. The number of aromatic nitrogens is 2. The third kappa shape index (κ3) is 6.05. The zero-order valence-corrected chi connectivity index (χ0v) is 22.8. The van der Waals surface area contributed by atoms with Crippen LogP contribution in [0.25, 0.3) is 11.1 Å². The molecule has 3 heterocycles. The van der Waals surface area contributed by atoms with E-state index in [-0.39, 0.29) is 43.7 Å². The number of alkyl halides is 5. The molecular weight excluding hydrogens is 569 g/mol. The Kier molecular flexibility index (Phi) is 8.14. The van der Waals surface area contributed by atoms with Gasteiger partial charge in [-0.3, -0.25) is 4.79 Å². The average Bonchev–Trinajstić information content (AvgIpc) is 3.68. The number of ether oxygens (including phenoxy) is 1. The molecule has 2 fully saturated rings. The zero-order chi connectivity index (χ0) is 30.2. The number of aryl methyl sites for hydroxylation is 1. The Balaban J connectivity index is 1.45. The van der Waals surface area contributed by atoms with Crippen molar-refractivity contribution in [1.29, 1.82) is 0 Å². The van der Waals surface area contributed by atoms with Gasteiger partial charge in [0.05, 0.1) is 25.4 Å². The lowest BCUT2D eigenvalue weighted by atomic mass is 9.82. The van der Waals surface area contributed by atoms with E-state index < -0.39 is 54.6 Å². The summed E-state index contributed by atoms with van der Waals surface area (Å²) in [5, 5.41) is 8.50. The van der Waals surface area contributed by atoms with Crippen molar-refractivity contribution in [3.8, 4) is 0 Å². The van der Waals surface area contributed by atoms with E-state index >= 15 is 0 Å². The first-order chi connectivity index (χ1) is 19.9. The summed E-state index contributed by atoms with van der Waals surface area (Å²) >= 11 is 0. The molecule has 1 saturated carbocycles. The minimum absolute atomic E-state index is 0.0817. The first-order valence-electron chi connectivity index (χ1n) is 13.6. The van der Waals surface area contributed by atoms with Gasteiger partial charge in [0.1, 0.15) is 28.9 Å². The molecule has 2 aliphatic rings. The van der Waals surface area contributed by atoms with Crippen molar-refractivity contribution < 1.29 is 45.2 Å². The number of carbonyl (C=O) groups is 2. The minimum atomic E-state index is -4.61. The Morgan fingerprint density at radius 2 is 2.02 bits per heavy atom. The normalized spacial score (nSPS) is 21.0. The molecule has 3 atom stereocenters. The first kappa shape index (κ1) is 29.7. The molecule has 10 nitrogen and oxygen atoms in total. The molecule has 3 amide bonds. The highest BCUT2D eigenvalue weighted by Gasteiger charge is 2.48. The molecular formula is C27H30F5N5O5. The number of benzene rings is 1. The van der Waals surface area contributed by atoms with Gasteiger partial charge in [-0.05, 0) is 36.5 Å². The maximum atomic E-state index is 14.0. The smallest absolute Gasteiger partial charge is 0.410 e. The first-order valence-corrected chi connectivity index (χ1v) is 13.6. The van der Waals surface area contributed by atoms with Gasteiger partial charge in [0.15, 0.2) is 5.58 Å². The maximum absolute atomic E-state index is 14.0. The van der Waals surface area contributed by atoms with Gasteiger partial charge in [-0.1, -0.05) is 18.1 Å². The van der Waals surface area contributed by atoms with E-state index in [0.29, 0.717) is 28.8 Å². The van der Waals surface area contributed by atoms with Crippen molar-refractivity contribution in [2.45, 2.75) is 69.3 Å². The highest BCUT2D eigenvalue weighted by atomic mass is 19.4. The van der Waals surface area contributed by atoms with Crippen molar-refractivity contribution in [1.82, 2.24) is 25.7 Å². The molecule has 2 aromatic heterocycles. The van der Waals surface area contributed by atoms with Crippen LogP contribution in [0.3, 0.4) is 0 Å². The van der Waals surface area contributed by atoms with E-state index in [4.69, 9.17) is 13.7 Å². The molecule has 0 unspecified atom stereocenters. The van der Waals surface area contributed by atoms with Crippen molar-refractivity contribution >= 4 is 23.0 Å². The number of rotatable bonds is 9. The number of urea groups is 1. The molecule has 1 saturated heterocycles. The predicted molar refractivity (Wildman–Crippen MR) is 137 cm³/mol. The topological polar surface area (TPSA) is 123 Å². The van der Waals surface area contributed by atoms with Crippen LogP contribution in [0.15, 0.2) is 33.3 Å². The third-order valence-corrected chi connectivity index (χ3v) is 7.84. The van der Waals surface area contributed by atoms with Gasteiger partial charge in [0.25, 0.3) is 5.91 Å². The fraction of sp³-hybridized carbons (Fsp3) is 0.556. The quantitative estimate of drug-likeness (QED) is 0.319. The monoisotopic (exact) mass is 599 g/mol. The number of nitrogens with zero attached hydrogens (tertiary/aromatic N) is 3. The second-order valence-corrected chi connectivity index (χ2v) is 10.6. The standard InChI is InChI=1S/C27H30F5N5O5/c1-3-19-16(11-33-42-19)23(38)36-22(14-6-8-26(28,29)9-7-14)24-34-17-10-15(4-5-20(17)41-24)18(13-40-2)37-12-21(27(30,31)32)35-25(37)39/h4-5,10-11,14,18,21-22H,3,6-9,12-13H2,1-2H3,(H,35,39)(H,36,38)/t18-,21+,22+/m1/s1. The van der Waals surface area contributed by atoms with Gasteiger partial charge >= 0.3 is 12.2 Å². The van der Waals surface area contributed by atoms with Gasteiger partial charge in [0, 0.05) is 26.4 Å². The molecule has 0 bridgehead atoms. The van der Waals surface area contributed by atoms with Crippen molar-refractivity contribution in [2.24, 2.45) is 5.92 Å². The lowest BCUT2D eigenvalue weighted by Gasteiger charge is -2.32. The molecule has 1 aromatic carbocycles. The van der Waals surface area contributed by atoms with Gasteiger partial charge in [-0.25, -0.2) is 18.6 Å². The third-order valence-electron chi connectivity index (χ3n) is 7.84. The van der Waals surface area contributed by atoms with E-state index in [1.54, 1.807) is 25.1 Å². The number of halogens is 5. The largest absolute Gasteiger partial charge is 0.438 e. The summed E-state index contributed by atoms with van der Waals surface area (Å²) in [5.41, 5.74) is 1.29. The molecule has 5 rings (SSSR count). The summed E-state index contributed by atoms with van der Waals surface area (Å²) in [6.07, 6.45) is -3.38. The Hall–Kier alpha value is -3.75. The van der Waals surface area contributed by atoms with Gasteiger partial charge in [-0.2, -0.15) is 13.2 Å². The number of hydrogen-bond donors (Lipinski definition) is 2. The molecule has 15 heteroatoms. The molecule has 2 N–H and O–H groups in total. The summed E-state index contributed by atoms with van der Waals surface area (Å²) in [7, 11) is 1.37. The number of carbonyl (C=O) groups excluding carboxylic acids is 2. The van der Waals surface area contributed by atoms with Crippen LogP contribution in [-0.2, 0) is 11.2 Å². The number of oxazole rings is 1. The molecule has 0 radical (unpaired) electrons. The zero-order valence-electron chi connectivity index (χ0n) is 22.8. The summed E-state index contributed by atoms with van der Waals surface area (Å²) in [5.74, 6) is -3.25. The van der Waals surface area contributed by atoms with Crippen LogP contribution in [-0.4, -0.2) is 65.4 Å². The molecule has 0 spiro atoms. The molecule has 228 valence electrons. The Labute approximate surface area is 236 Å². The Morgan fingerprint density at radius 3 is 2.67 bits per heavy atom. The molecule has 42 heavy (non-hydrogen) atoms. The van der Waals surface area contributed by atoms with Crippen LogP contribution in [0.4, 0.5) is 26.7 Å². The molecule has 1 aliphatic heterocycles. The fourth-order valence-electron chi connectivity index (χ4n) is 5.54. The summed E-state index contributed by atoms with van der Waals surface area (Å²) < 4.78 is 84.1. The SMILES string of the molecule is CCc1oncc1C(=O)N[C@H](c1nc2cc([C@@H](COC)N3C[C@@H](C(F)(F)F)NC3=O)ccc2o1)C1CCC(F)(F)CC1. The van der Waals surface area contributed by atoms with E-state index in [1.165, 1.54) is 13.3 Å². The Morgan fingerprint density at radius 1 is 1.29 bits per heavy atom. The number of hydrogen-bond acceptors (Lipinski definition) is 7. The van der Waals surface area contributed by atoms with E-state index in [2.05, 4.69) is 15.5 Å². The Bertz CT molecular complexity index is 1430. The lowest BCUT2D eigenvalue weighted by molar-refractivity contribution is -0.150. The van der Waals surface area contributed by atoms with Gasteiger partial charge in [0.2, 0.25) is 11.8 Å². The van der Waals surface area contributed by atoms with Crippen LogP contribution in [0.2, 0.25) is 0 Å². The molecule has 3 aromatic rings. The minimum Gasteiger partial charge on any atom is -0.438 e. The second-order valence-electron chi connectivity index (χ2n) is 10.6. The van der Waals surface area contributed by atoms with E-state index in [1.807, 2.05) is 5.32 Å². The van der Waals surface area contributed by atoms with E-state index in [9.17, 15) is 31.5 Å². The second kappa shape index (κ2) is 11.5. The van der Waals surface area contributed by atoms with Gasteiger partial charge < -0.3 is 29.2 Å². The number of amides is 3. The summed E-state index contributed by atoms with van der Waals surface area (Å²) in [6.45, 7) is 1.12. The van der Waals surface area contributed by atoms with Crippen LogP contribution in [0, 0.1) is 5.92 Å². The fourth-order valence-corrected chi connectivity index (χ4v) is 5.54. The highest BCUT2D eigenvalue weighted by molar-refractivity contribution is 5.95. The maximum Gasteiger partial charge on any atom is 0.410 e. The number of nitrogens with one attached hydrogen (secondary N) is 2. The summed E-state index contributed by atoms with van der Waals surface area (Å²) in [6, 6.07) is 0.120. The van der Waals surface area contributed by atoms with Crippen molar-refractivity contribution in [3.05, 3.63) is 47.2 Å². The molecule has 1 aliphatic carbocycles. The van der Waals surface area contributed by atoms with E-state index in [0.717, 1.165) is 4.90 Å². The van der Waals surface area contributed by atoms with Crippen LogP contribution >= 0.6 is 0 Å². The lowest BCUT2D eigenvalue weighted by Crippen LogP contribution is -2.40. The van der Waals surface area contributed by atoms with Crippen LogP contribution in [0.1, 0.15) is 72.3 Å². The van der Waals surface area contributed by atoms with Crippen molar-refractivity contribution in [3.63, 3.8) is 0 Å². The van der Waals surface area contributed by atoms with Crippen LogP contribution in [0.5, 0.6) is 0 Å². The average molecular weight is 600 g/mol.